The molecule has 0 heterocycles. The van der Waals surface area contributed by atoms with Gasteiger partial charge in [0.25, 0.3) is 0 Å². The summed E-state index contributed by atoms with van der Waals surface area (Å²) in [7, 11) is 0. The van der Waals surface area contributed by atoms with Crippen LogP contribution in [-0.4, -0.2) is 12.2 Å². The molecule has 1 rings (SSSR count). The van der Waals surface area contributed by atoms with Crippen LogP contribution in [0.3, 0.4) is 0 Å². The minimum atomic E-state index is 0.370. The molecular weight excluding hydrogens is 192 g/mol. The quantitative estimate of drug-likeness (QED) is 0.473. The smallest absolute Gasteiger partial charge is 0.222 e. The number of hydrogen-bond donors (Lipinski definition) is 2. The summed E-state index contributed by atoms with van der Waals surface area (Å²) >= 11 is 0. The molecule has 4 nitrogen and oxygen atoms in total. The van der Waals surface area contributed by atoms with Crippen LogP contribution in [0.15, 0.2) is 24.3 Å². The molecule has 15 heavy (non-hydrogen) atoms. The van der Waals surface area contributed by atoms with Crippen LogP contribution < -0.4 is 0 Å². The molecule has 0 aromatic rings. The first-order chi connectivity index (χ1) is 6.96. The summed E-state index contributed by atoms with van der Waals surface area (Å²) in [5.74, 6) is 0.683. The highest BCUT2D eigenvalue weighted by molar-refractivity contribution is 5.26. The topological polar surface area (TPSA) is 81.8 Å². The maximum absolute atomic E-state index is 8.35. The van der Waals surface area contributed by atoms with Crippen LogP contribution in [-0.2, 0) is 9.59 Å². The summed E-state index contributed by atoms with van der Waals surface area (Å²) < 4.78 is 0. The van der Waals surface area contributed by atoms with Gasteiger partial charge in [-0.25, -0.2) is 20.4 Å². The zero-order valence-electron chi connectivity index (χ0n) is 9.20. The molecule has 0 saturated carbocycles. The molecule has 0 amide bonds. The van der Waals surface area contributed by atoms with E-state index in [1.807, 2.05) is 0 Å². The van der Waals surface area contributed by atoms with Crippen molar-refractivity contribution in [3.63, 3.8) is 0 Å². The highest BCUT2D eigenvalue weighted by atomic mass is 16.1. The van der Waals surface area contributed by atoms with Crippen LogP contribution >= 0.6 is 0 Å². The Hall–Kier alpha value is -1.76. The Morgan fingerprint density at radius 1 is 1.13 bits per heavy atom. The van der Waals surface area contributed by atoms with Crippen molar-refractivity contribution in [1.82, 2.24) is 0 Å². The maximum atomic E-state index is 8.35. The van der Waals surface area contributed by atoms with E-state index in [9.17, 15) is 0 Å². The van der Waals surface area contributed by atoms with Gasteiger partial charge >= 0.3 is 0 Å². The fourth-order valence-corrected chi connectivity index (χ4v) is 0.934. The Morgan fingerprint density at radius 2 is 1.53 bits per heavy atom. The van der Waals surface area contributed by atoms with Crippen molar-refractivity contribution in [2.75, 3.05) is 0 Å². The van der Waals surface area contributed by atoms with Crippen molar-refractivity contribution < 1.29 is 9.59 Å². The molecule has 0 bridgehead atoms. The van der Waals surface area contributed by atoms with Crippen LogP contribution in [0.1, 0.15) is 20.8 Å². The first-order valence-corrected chi connectivity index (χ1v) is 4.40. The summed E-state index contributed by atoms with van der Waals surface area (Å²) in [6.45, 7) is 6.77. The van der Waals surface area contributed by atoms with E-state index < -0.39 is 0 Å². The van der Waals surface area contributed by atoms with Gasteiger partial charge in [-0.2, -0.15) is 0 Å². The van der Waals surface area contributed by atoms with Gasteiger partial charge in [-0.3, -0.25) is 0 Å². The Labute approximate surface area is 89.7 Å². The van der Waals surface area contributed by atoms with Crippen molar-refractivity contribution in [2.45, 2.75) is 20.8 Å². The standard InChI is InChI=1S/C9H14.2CHNO/c1-8-6-4-5-7-9(8,2)3;2*2-1-3/h4-8H,1-3H3;2*2H. The Bertz CT molecular complexity index is 280. The number of carbonyl (C=O) groups excluding carboxylic acids is 2. The molecule has 82 valence electrons. The lowest BCUT2D eigenvalue weighted by Gasteiger charge is -2.27. The fourth-order valence-electron chi connectivity index (χ4n) is 0.934. The number of rotatable bonds is 0. The van der Waals surface area contributed by atoms with E-state index in [0.717, 1.165) is 12.2 Å². The van der Waals surface area contributed by atoms with Gasteiger partial charge in [0.2, 0.25) is 12.2 Å². The molecule has 1 aliphatic carbocycles. The van der Waals surface area contributed by atoms with Gasteiger partial charge < -0.3 is 0 Å². The fraction of sp³-hybridized carbons (Fsp3) is 0.455. The summed E-state index contributed by atoms with van der Waals surface area (Å²) in [5.41, 5.74) is 0.370. The predicted molar refractivity (Wildman–Crippen MR) is 58.1 cm³/mol. The molecule has 1 aliphatic rings. The molecule has 1 atom stereocenters. The Balaban J connectivity index is 0. The lowest BCUT2D eigenvalue weighted by Crippen LogP contribution is -2.18. The van der Waals surface area contributed by atoms with Gasteiger partial charge in [0.15, 0.2) is 0 Å². The van der Waals surface area contributed by atoms with Crippen molar-refractivity contribution in [1.29, 1.82) is 10.8 Å². The second-order valence-electron chi connectivity index (χ2n) is 3.56. The van der Waals surface area contributed by atoms with Gasteiger partial charge in [0.05, 0.1) is 0 Å². The van der Waals surface area contributed by atoms with Crippen LogP contribution in [0.2, 0.25) is 0 Å². The Kier molecular flexibility index (Phi) is 9.23. The van der Waals surface area contributed by atoms with E-state index in [2.05, 4.69) is 45.1 Å². The lowest BCUT2D eigenvalue weighted by atomic mass is 9.77. The van der Waals surface area contributed by atoms with E-state index in [1.54, 1.807) is 0 Å². The molecule has 0 radical (unpaired) electrons. The van der Waals surface area contributed by atoms with E-state index in [0.29, 0.717) is 11.3 Å². The normalized spacial score (nSPS) is 19.5. The van der Waals surface area contributed by atoms with Crippen LogP contribution in [0.25, 0.3) is 0 Å². The zero-order valence-corrected chi connectivity index (χ0v) is 9.20. The second-order valence-corrected chi connectivity index (χ2v) is 3.56. The molecular formula is C11H16N2O2. The van der Waals surface area contributed by atoms with E-state index in [1.165, 1.54) is 0 Å². The van der Waals surface area contributed by atoms with Crippen LogP contribution in [0.5, 0.6) is 0 Å². The van der Waals surface area contributed by atoms with Crippen LogP contribution in [0, 0.1) is 22.2 Å². The molecule has 0 aromatic heterocycles. The highest BCUT2D eigenvalue weighted by Gasteiger charge is 2.21. The molecule has 0 aliphatic heterocycles. The van der Waals surface area contributed by atoms with Gasteiger partial charge in [0, 0.05) is 0 Å². The van der Waals surface area contributed by atoms with Crippen LogP contribution in [0.4, 0.5) is 0 Å². The largest absolute Gasteiger partial charge is 0.231 e. The summed E-state index contributed by atoms with van der Waals surface area (Å²) in [6.07, 6.45) is 10.3. The molecule has 0 fully saturated rings. The Morgan fingerprint density at radius 3 is 1.73 bits per heavy atom. The first kappa shape index (κ1) is 15.7. The summed E-state index contributed by atoms with van der Waals surface area (Å²) in [6, 6.07) is 0. The summed E-state index contributed by atoms with van der Waals surface area (Å²) in [5, 5.41) is 10.8. The minimum Gasteiger partial charge on any atom is -0.222 e. The monoisotopic (exact) mass is 208 g/mol. The van der Waals surface area contributed by atoms with Gasteiger partial charge in [-0.05, 0) is 11.3 Å². The van der Waals surface area contributed by atoms with E-state index >= 15 is 0 Å². The third-order valence-corrected chi connectivity index (χ3v) is 2.21. The molecule has 0 spiro atoms. The second kappa shape index (κ2) is 8.82. The number of nitrogens with one attached hydrogen (secondary N) is 2. The average Bonchev–Trinajstić information content (AvgIpc) is 2.13. The molecule has 0 aromatic carbocycles. The van der Waals surface area contributed by atoms with Crippen molar-refractivity contribution in [3.8, 4) is 0 Å². The van der Waals surface area contributed by atoms with Gasteiger partial charge in [-0.15, -0.1) is 0 Å². The summed E-state index contributed by atoms with van der Waals surface area (Å²) in [4.78, 5) is 16.7. The molecule has 1 unspecified atom stereocenters. The van der Waals surface area contributed by atoms with Gasteiger partial charge in [-0.1, -0.05) is 45.1 Å². The minimum absolute atomic E-state index is 0.370. The average molecular weight is 208 g/mol. The van der Waals surface area contributed by atoms with Crippen molar-refractivity contribution in [2.24, 2.45) is 11.3 Å². The third-order valence-electron chi connectivity index (χ3n) is 2.21. The van der Waals surface area contributed by atoms with Gasteiger partial charge in [0.1, 0.15) is 0 Å². The van der Waals surface area contributed by atoms with E-state index in [4.69, 9.17) is 20.4 Å². The van der Waals surface area contributed by atoms with Crippen molar-refractivity contribution >= 4 is 12.2 Å². The molecule has 0 saturated heterocycles. The SMILES string of the molecule is CC1C=CC=CC1(C)C.N=C=O.N=C=O. The third kappa shape index (κ3) is 8.57. The molecule has 4 heteroatoms. The highest BCUT2D eigenvalue weighted by Crippen LogP contribution is 2.31. The number of isocyanates is 2. The van der Waals surface area contributed by atoms with Crippen molar-refractivity contribution in [3.05, 3.63) is 24.3 Å². The number of allylic oxidation sites excluding steroid dienone is 4. The first-order valence-electron chi connectivity index (χ1n) is 4.40. The van der Waals surface area contributed by atoms with E-state index in [-0.39, 0.29) is 0 Å². The lowest BCUT2D eigenvalue weighted by molar-refractivity contribution is 0.364. The maximum Gasteiger partial charge on any atom is 0.231 e. The molecule has 2 N–H and O–H groups in total. The number of hydrogen-bond acceptors (Lipinski definition) is 4. The predicted octanol–water partition coefficient (Wildman–Crippen LogP) is 2.58. The zero-order chi connectivity index (χ0) is 12.3.